The average Bonchev–Trinajstić information content (AvgIpc) is 3.30. The number of anilines is 1. The molecule has 4 rings (SSSR count). The number of nitrogens with two attached hydrogens (primary N) is 1. The molecule has 150 valence electrons. The van der Waals surface area contributed by atoms with Crippen LogP contribution < -0.4 is 21.1 Å². The number of hydrogen-bond acceptors (Lipinski definition) is 5. The summed E-state index contributed by atoms with van der Waals surface area (Å²) in [5.41, 5.74) is 8.72. The normalized spacial score (nSPS) is 18.5. The van der Waals surface area contributed by atoms with E-state index < -0.39 is 6.03 Å². The predicted molar refractivity (Wildman–Crippen MR) is 111 cm³/mol. The second-order valence-electron chi connectivity index (χ2n) is 6.64. The molecule has 6 nitrogen and oxygen atoms in total. The number of fused-ring (bicyclic) bond motifs is 1. The Morgan fingerprint density at radius 3 is 2.96 bits per heavy atom. The largest absolute Gasteiger partial charge is 0.487 e. The van der Waals surface area contributed by atoms with Gasteiger partial charge in [0, 0.05) is 28.7 Å². The minimum absolute atomic E-state index is 0. The Balaban J connectivity index is 0.00000225. The van der Waals surface area contributed by atoms with Gasteiger partial charge in [0.15, 0.2) is 0 Å². The third-order valence-electron chi connectivity index (χ3n) is 4.86. The van der Waals surface area contributed by atoms with Gasteiger partial charge in [-0.1, -0.05) is 0 Å². The Morgan fingerprint density at radius 1 is 1.43 bits per heavy atom. The van der Waals surface area contributed by atoms with Gasteiger partial charge < -0.3 is 21.1 Å². The van der Waals surface area contributed by atoms with E-state index >= 15 is 0 Å². The lowest BCUT2D eigenvalue weighted by atomic mass is 10.1. The summed E-state index contributed by atoms with van der Waals surface area (Å²) in [7, 11) is 0. The van der Waals surface area contributed by atoms with Crippen LogP contribution >= 0.6 is 23.7 Å². The summed E-state index contributed by atoms with van der Waals surface area (Å²) in [6.45, 7) is 3.93. The molecule has 0 aliphatic carbocycles. The molecule has 0 bridgehead atoms. The first-order valence-electron chi connectivity index (χ1n) is 8.81. The lowest BCUT2D eigenvalue weighted by Crippen LogP contribution is -2.36. The van der Waals surface area contributed by atoms with Crippen LogP contribution in [0.4, 0.5) is 14.9 Å². The SMILES string of the molecule is CC1=C(Nc2ccc(F)cc2O[C@H]2CCNC2)c2ccsc2CN1C(N)=O.Cl. The molecule has 1 fully saturated rings. The molecule has 0 spiro atoms. The van der Waals surface area contributed by atoms with Crippen molar-refractivity contribution < 1.29 is 13.9 Å². The van der Waals surface area contributed by atoms with Crippen LogP contribution in [0.5, 0.6) is 5.75 Å². The summed E-state index contributed by atoms with van der Waals surface area (Å²) < 4.78 is 19.8. The van der Waals surface area contributed by atoms with E-state index in [0.717, 1.165) is 41.3 Å². The summed E-state index contributed by atoms with van der Waals surface area (Å²) in [6, 6.07) is 5.94. The van der Waals surface area contributed by atoms with E-state index in [-0.39, 0.29) is 24.3 Å². The van der Waals surface area contributed by atoms with Crippen LogP contribution in [0.2, 0.25) is 0 Å². The average molecular weight is 425 g/mol. The number of allylic oxidation sites excluding steroid dienone is 1. The molecule has 2 aliphatic heterocycles. The van der Waals surface area contributed by atoms with Crippen molar-refractivity contribution in [3.63, 3.8) is 0 Å². The fraction of sp³-hybridized carbons (Fsp3) is 0.316. The van der Waals surface area contributed by atoms with Crippen LogP contribution in [0.25, 0.3) is 5.70 Å². The van der Waals surface area contributed by atoms with Crippen LogP contribution in [0.1, 0.15) is 23.8 Å². The fourth-order valence-electron chi connectivity index (χ4n) is 3.42. The minimum Gasteiger partial charge on any atom is -0.487 e. The Morgan fingerprint density at radius 2 is 2.25 bits per heavy atom. The number of halogens is 2. The zero-order valence-electron chi connectivity index (χ0n) is 15.3. The van der Waals surface area contributed by atoms with Gasteiger partial charge in [0.25, 0.3) is 0 Å². The van der Waals surface area contributed by atoms with Crippen molar-refractivity contribution >= 4 is 41.2 Å². The molecule has 1 atom stereocenters. The van der Waals surface area contributed by atoms with Gasteiger partial charge in [0.05, 0.1) is 17.9 Å². The molecule has 2 amide bonds. The molecule has 2 aliphatic rings. The second-order valence-corrected chi connectivity index (χ2v) is 7.64. The van der Waals surface area contributed by atoms with Gasteiger partial charge in [0.2, 0.25) is 0 Å². The van der Waals surface area contributed by atoms with Crippen molar-refractivity contribution in [3.05, 3.63) is 51.6 Å². The van der Waals surface area contributed by atoms with Gasteiger partial charge in [-0.15, -0.1) is 23.7 Å². The number of thiophene rings is 1. The highest BCUT2D eigenvalue weighted by Crippen LogP contribution is 2.37. The Kier molecular flexibility index (Phi) is 6.12. The van der Waals surface area contributed by atoms with Crippen LogP contribution in [0.3, 0.4) is 0 Å². The molecule has 4 N–H and O–H groups in total. The number of primary amides is 1. The van der Waals surface area contributed by atoms with Gasteiger partial charge >= 0.3 is 6.03 Å². The lowest BCUT2D eigenvalue weighted by Gasteiger charge is -2.30. The number of amides is 2. The maximum absolute atomic E-state index is 13.8. The van der Waals surface area contributed by atoms with Crippen LogP contribution in [0, 0.1) is 5.82 Å². The summed E-state index contributed by atoms with van der Waals surface area (Å²) in [4.78, 5) is 14.4. The number of benzene rings is 1. The smallest absolute Gasteiger partial charge is 0.319 e. The monoisotopic (exact) mass is 424 g/mol. The first-order chi connectivity index (χ1) is 13.0. The molecule has 1 aromatic carbocycles. The highest BCUT2D eigenvalue weighted by atomic mass is 35.5. The summed E-state index contributed by atoms with van der Waals surface area (Å²) in [5, 5.41) is 8.57. The van der Waals surface area contributed by atoms with E-state index in [1.807, 2.05) is 18.4 Å². The topological polar surface area (TPSA) is 79.6 Å². The Hall–Kier alpha value is -2.29. The van der Waals surface area contributed by atoms with Gasteiger partial charge in [-0.25, -0.2) is 9.18 Å². The standard InChI is InChI=1S/C19H21FN4O2S.ClH/c1-11-18(14-5-7-27-17(14)10-24(11)19(21)25)23-15-3-2-12(20)8-16(15)26-13-4-6-22-9-13;/h2-3,5,7-8,13,22-23H,4,6,9-10H2,1H3,(H2,21,25);1H/t13-;/m0./s1. The zero-order chi connectivity index (χ0) is 19.0. The number of ether oxygens (including phenoxy) is 1. The molecule has 9 heteroatoms. The van der Waals surface area contributed by atoms with E-state index in [0.29, 0.717) is 18.0 Å². The van der Waals surface area contributed by atoms with E-state index in [1.165, 1.54) is 17.0 Å². The van der Waals surface area contributed by atoms with Crippen molar-refractivity contribution in [2.45, 2.75) is 26.0 Å². The molecule has 3 heterocycles. The molecule has 28 heavy (non-hydrogen) atoms. The number of carbonyl (C=O) groups excluding carboxylic acids is 1. The van der Waals surface area contributed by atoms with Gasteiger partial charge in [-0.2, -0.15) is 0 Å². The van der Waals surface area contributed by atoms with Gasteiger partial charge in [0.1, 0.15) is 17.7 Å². The van der Waals surface area contributed by atoms with Crippen LogP contribution in [0.15, 0.2) is 35.3 Å². The number of urea groups is 1. The maximum atomic E-state index is 13.8. The van der Waals surface area contributed by atoms with E-state index in [2.05, 4.69) is 10.6 Å². The van der Waals surface area contributed by atoms with Crippen molar-refractivity contribution in [3.8, 4) is 5.75 Å². The summed E-state index contributed by atoms with van der Waals surface area (Å²) in [6.07, 6.45) is 0.884. The summed E-state index contributed by atoms with van der Waals surface area (Å²) in [5.74, 6) is 0.0998. The van der Waals surface area contributed by atoms with E-state index in [1.54, 1.807) is 17.4 Å². The van der Waals surface area contributed by atoms with E-state index in [9.17, 15) is 9.18 Å². The molecule has 1 aromatic heterocycles. The number of carbonyl (C=O) groups is 1. The molecular weight excluding hydrogens is 403 g/mol. The Labute approximate surface area is 173 Å². The van der Waals surface area contributed by atoms with Crippen molar-refractivity contribution in [2.75, 3.05) is 18.4 Å². The molecule has 1 saturated heterocycles. The lowest BCUT2D eigenvalue weighted by molar-refractivity contribution is 0.219. The molecule has 0 saturated carbocycles. The van der Waals surface area contributed by atoms with E-state index in [4.69, 9.17) is 10.5 Å². The zero-order valence-corrected chi connectivity index (χ0v) is 17.0. The minimum atomic E-state index is -0.501. The number of hydrogen-bond donors (Lipinski definition) is 3. The molecular formula is C19H22ClFN4O2S. The highest BCUT2D eigenvalue weighted by molar-refractivity contribution is 7.10. The van der Waals surface area contributed by atoms with Gasteiger partial charge in [-0.3, -0.25) is 4.90 Å². The van der Waals surface area contributed by atoms with Crippen molar-refractivity contribution in [1.29, 1.82) is 0 Å². The van der Waals surface area contributed by atoms with Gasteiger partial charge in [-0.05, 0) is 43.5 Å². The fourth-order valence-corrected chi connectivity index (χ4v) is 4.29. The number of nitrogens with zero attached hydrogens (tertiary/aromatic N) is 1. The third-order valence-corrected chi connectivity index (χ3v) is 5.77. The maximum Gasteiger partial charge on any atom is 0.319 e. The predicted octanol–water partition coefficient (Wildman–Crippen LogP) is 3.74. The number of nitrogens with one attached hydrogen (secondary N) is 2. The summed E-state index contributed by atoms with van der Waals surface area (Å²) >= 11 is 1.57. The van der Waals surface area contributed by atoms with Crippen molar-refractivity contribution in [1.82, 2.24) is 10.2 Å². The second kappa shape index (κ2) is 8.38. The molecule has 2 aromatic rings. The van der Waals surface area contributed by atoms with Crippen LogP contribution in [-0.4, -0.2) is 30.1 Å². The number of rotatable bonds is 4. The third kappa shape index (κ3) is 3.94. The molecule has 0 radical (unpaired) electrons. The van der Waals surface area contributed by atoms with Crippen LogP contribution in [-0.2, 0) is 6.54 Å². The first kappa shape index (κ1) is 20.4. The highest BCUT2D eigenvalue weighted by Gasteiger charge is 2.27. The first-order valence-corrected chi connectivity index (χ1v) is 9.69. The Bertz CT molecular complexity index is 911. The molecule has 0 unspecified atom stereocenters. The van der Waals surface area contributed by atoms with Crippen molar-refractivity contribution in [2.24, 2.45) is 5.73 Å². The quantitative estimate of drug-likeness (QED) is 0.698.